The number of guanidine groups is 8. The van der Waals surface area contributed by atoms with E-state index < -0.39 is 108 Å². The minimum Gasteiger partial charge on any atom is -0.480 e. The summed E-state index contributed by atoms with van der Waals surface area (Å²) in [7, 11) is 0. The highest BCUT2D eigenvalue weighted by Crippen LogP contribution is 2.10. The van der Waals surface area contributed by atoms with Crippen molar-refractivity contribution in [3.63, 3.8) is 0 Å². The third-order valence-electron chi connectivity index (χ3n) is 12.8. The Hall–Kier alpha value is -10.6. The van der Waals surface area contributed by atoms with Gasteiger partial charge < -0.3 is 145 Å². The van der Waals surface area contributed by atoms with Gasteiger partial charge in [-0.2, -0.15) is 0 Å². The predicted octanol–water partition coefficient (Wildman–Crippen LogP) is -12.7. The molecule has 93 heavy (non-hydrogen) atoms. The van der Waals surface area contributed by atoms with Gasteiger partial charge in [0.1, 0.15) is 42.3 Å². The largest absolute Gasteiger partial charge is 0.480 e. The quantitative estimate of drug-likeness (QED) is 0.0153. The molecule has 0 spiro atoms. The molecule has 8 atom stereocenters. The van der Waals surface area contributed by atoms with Crippen molar-refractivity contribution in [1.29, 1.82) is 0 Å². The van der Waals surface area contributed by atoms with E-state index in [-0.39, 0.29) is 196 Å². The van der Waals surface area contributed by atoms with Gasteiger partial charge in [-0.1, -0.05) is 0 Å². The van der Waals surface area contributed by atoms with Crippen LogP contribution in [-0.4, -0.2) is 213 Å². The van der Waals surface area contributed by atoms with Crippen LogP contribution in [0.5, 0.6) is 0 Å². The fraction of sp³-hybridized carbons (Fsp3) is 0.660. The molecule has 526 valence electrons. The van der Waals surface area contributed by atoms with E-state index in [9.17, 15) is 48.3 Å². The van der Waals surface area contributed by atoms with Crippen LogP contribution in [0.1, 0.15) is 103 Å². The van der Waals surface area contributed by atoms with E-state index in [1.165, 1.54) is 0 Å². The van der Waals surface area contributed by atoms with Crippen molar-refractivity contribution in [2.24, 2.45) is 137 Å². The Bertz CT molecular complexity index is 2620. The monoisotopic (exact) mass is 1320 g/mol. The molecule has 0 rings (SSSR count). The molecule has 0 fully saturated rings. The van der Waals surface area contributed by atoms with Crippen molar-refractivity contribution in [3.05, 3.63) is 0 Å². The number of aliphatic imine (C=N–C) groups is 8. The summed E-state index contributed by atoms with van der Waals surface area (Å²) in [5.41, 5.74) is 93.7. The molecule has 0 heterocycles. The fourth-order valence-electron chi connectivity index (χ4n) is 8.22. The van der Waals surface area contributed by atoms with E-state index in [0.717, 1.165) is 0 Å². The Labute approximate surface area is 537 Å². The highest BCUT2D eigenvalue weighted by atomic mass is 16.4. The lowest BCUT2D eigenvalue weighted by molar-refractivity contribution is -0.142. The van der Waals surface area contributed by atoms with Crippen LogP contribution in [0.4, 0.5) is 0 Å². The zero-order valence-electron chi connectivity index (χ0n) is 52.3. The number of rotatable bonds is 49. The summed E-state index contributed by atoms with van der Waals surface area (Å²) in [5, 5.41) is 30.3. The van der Waals surface area contributed by atoms with Gasteiger partial charge in [-0.15, -0.1) is 0 Å². The van der Waals surface area contributed by atoms with Crippen molar-refractivity contribution in [2.75, 3.05) is 58.9 Å². The lowest BCUT2D eigenvalue weighted by atomic mass is 10.0. The van der Waals surface area contributed by atoms with Crippen LogP contribution in [0.3, 0.4) is 0 Å². The van der Waals surface area contributed by atoms with E-state index >= 15 is 0 Å². The number of carboxylic acids is 1. The predicted molar refractivity (Wildman–Crippen MR) is 351 cm³/mol. The molecule has 8 amide bonds. The van der Waals surface area contributed by atoms with Gasteiger partial charge in [0.2, 0.25) is 47.3 Å². The van der Waals surface area contributed by atoms with Crippen LogP contribution in [0.25, 0.3) is 0 Å². The first-order valence-electron chi connectivity index (χ1n) is 29.6. The molecule has 0 aliphatic rings. The lowest BCUT2D eigenvalue weighted by Gasteiger charge is -2.26. The molecule has 0 radical (unpaired) electrons. The average molecular weight is 1320 g/mol. The number of carbonyl (C=O) groups is 9. The summed E-state index contributed by atoms with van der Waals surface area (Å²) in [4.78, 5) is 155. The maximum Gasteiger partial charge on any atom is 0.326 e. The van der Waals surface area contributed by atoms with E-state index in [2.05, 4.69) is 82.5 Å². The first kappa shape index (κ1) is 82.3. The normalized spacial score (nSPS) is 13.1. The van der Waals surface area contributed by atoms with Gasteiger partial charge >= 0.3 is 5.97 Å². The summed E-state index contributed by atoms with van der Waals surface area (Å²) in [5.74, 6) is -10.5. The molecule has 0 aliphatic heterocycles. The summed E-state index contributed by atoms with van der Waals surface area (Å²) in [6, 6.07) is -11.1. The Morgan fingerprint density at radius 2 is 0.462 bits per heavy atom. The van der Waals surface area contributed by atoms with Gasteiger partial charge in [-0.05, 0) is 103 Å². The van der Waals surface area contributed by atoms with Gasteiger partial charge in [0.05, 0.1) is 12.6 Å². The third-order valence-corrected chi connectivity index (χ3v) is 12.8. The molecule has 43 nitrogen and oxygen atoms in total. The fourth-order valence-corrected chi connectivity index (χ4v) is 8.22. The number of amides is 8. The van der Waals surface area contributed by atoms with Gasteiger partial charge in [0.25, 0.3) is 0 Å². The SMILES string of the molecule is NC(N)=NCCC[C@H](NC(=O)[C@H](CCCN=C(N)N)NC(=O)[C@H](CCCN=C(N)N)NC(=O)[C@H](CCCN=C(N)N)NC(=O)CNC(=O)[C@H](CCCN=C(N)N)NC(=O)[C@H](CCCN=C(N)N)NC(=O)[C@H](CCCN=C(N)N)NC(=O)[C@@H](N)CCCN=C(N)N)C(=O)O. The lowest BCUT2D eigenvalue weighted by Crippen LogP contribution is -2.59. The second kappa shape index (κ2) is 47.3. The zero-order chi connectivity index (χ0) is 70.4. The van der Waals surface area contributed by atoms with Crippen LogP contribution in [0.2, 0.25) is 0 Å². The van der Waals surface area contributed by atoms with E-state index in [0.29, 0.717) is 6.42 Å². The summed E-state index contributed by atoms with van der Waals surface area (Å²) >= 11 is 0. The second-order valence-electron chi connectivity index (χ2n) is 20.7. The van der Waals surface area contributed by atoms with Gasteiger partial charge in [-0.3, -0.25) is 78.3 Å². The molecule has 0 unspecified atom stereocenters. The Morgan fingerprint density at radius 1 is 0.269 bits per heavy atom. The van der Waals surface area contributed by atoms with E-state index in [1.54, 1.807) is 0 Å². The number of nitrogens with two attached hydrogens (primary N) is 17. The smallest absolute Gasteiger partial charge is 0.326 e. The van der Waals surface area contributed by atoms with Crippen molar-refractivity contribution in [2.45, 2.75) is 151 Å². The van der Waals surface area contributed by atoms with Crippen molar-refractivity contribution >= 4 is 101 Å². The van der Waals surface area contributed by atoms with Gasteiger partial charge in [0.15, 0.2) is 47.7 Å². The molecule has 0 saturated heterocycles. The van der Waals surface area contributed by atoms with Crippen LogP contribution >= 0.6 is 0 Å². The molecule has 0 saturated carbocycles. The van der Waals surface area contributed by atoms with Gasteiger partial charge in [-0.25, -0.2) is 4.79 Å². The van der Waals surface area contributed by atoms with Crippen molar-refractivity contribution < 1.29 is 48.3 Å². The minimum absolute atomic E-state index is 0.00146. The first-order valence-corrected chi connectivity index (χ1v) is 29.6. The van der Waals surface area contributed by atoms with Crippen LogP contribution < -0.4 is 140 Å². The summed E-state index contributed by atoms with van der Waals surface area (Å²) < 4.78 is 0. The number of hydrogen-bond acceptors (Lipinski definition) is 18. The first-order chi connectivity index (χ1) is 43.8. The molecule has 0 aliphatic carbocycles. The second-order valence-corrected chi connectivity index (χ2v) is 20.7. The number of carbonyl (C=O) groups excluding carboxylic acids is 8. The number of nitrogens with zero attached hydrogens (tertiary/aromatic N) is 8. The standard InChI is InChI=1S/C50H101N33O10/c51-26(9-1-17-68-43(52)53)35(85)78-29(12-4-20-71-46(58)59)38(88)81-30(13-5-21-72-47(60)61)39(89)79-27(10-2-18-69-44(54)55)36(86)76-25-34(84)77-28(11-3-19-70-45(56)57)37(87)80-31(14-6-22-73-48(62)63)40(90)82-32(15-7-23-74-49(64)65)41(91)83-33(42(92)93)16-8-24-75-50(66)67/h26-33H,1-25,51H2,(H,76,86)(H,77,84)(H,78,85)(H,79,89)(H,80,87)(H,81,88)(H,82,90)(H,83,91)(H,92,93)(H4,52,53,68)(H4,54,55,69)(H4,56,57,70)(H4,58,59,71)(H4,60,61,72)(H4,62,63,73)(H4,64,65,74)(H4,66,67,75)/t26-,27-,28-,29-,30-,31-,32-,33-/m0/s1. The molecule has 0 bridgehead atoms. The highest BCUT2D eigenvalue weighted by molar-refractivity contribution is 5.97. The molecule has 43 N–H and O–H groups in total. The summed E-state index contributed by atoms with van der Waals surface area (Å²) in [6.07, 6.45) is 0.241. The number of aliphatic carboxylic acids is 1. The number of hydrogen-bond donors (Lipinski definition) is 26. The van der Waals surface area contributed by atoms with Crippen LogP contribution in [-0.2, 0) is 43.2 Å². The molecule has 0 aromatic carbocycles. The molecule has 43 heteroatoms. The van der Waals surface area contributed by atoms with E-state index in [4.69, 9.17) is 97.5 Å². The highest BCUT2D eigenvalue weighted by Gasteiger charge is 2.33. The van der Waals surface area contributed by atoms with Crippen LogP contribution in [0.15, 0.2) is 39.9 Å². The topological polar surface area (TPSA) is 811 Å². The minimum atomic E-state index is -1.48. The molecular formula is C50H101N33O10. The van der Waals surface area contributed by atoms with E-state index in [1.807, 2.05) is 0 Å². The number of carboxylic acid groups (broad SMARTS) is 1. The van der Waals surface area contributed by atoms with Crippen LogP contribution in [0, 0.1) is 0 Å². The van der Waals surface area contributed by atoms with Crippen molar-refractivity contribution in [3.8, 4) is 0 Å². The summed E-state index contributed by atoms with van der Waals surface area (Å²) in [6.45, 7) is -0.639. The average Bonchev–Trinajstić information content (AvgIpc) is 1.57. The third kappa shape index (κ3) is 42.1. The Balaban J connectivity index is 7.11. The Morgan fingerprint density at radius 3 is 0.699 bits per heavy atom. The molecular weight excluding hydrogens is 1220 g/mol. The maximum atomic E-state index is 14.3. The molecule has 0 aromatic heterocycles. The Kier molecular flexibility index (Phi) is 41.9. The maximum absolute atomic E-state index is 14.3. The van der Waals surface area contributed by atoms with Gasteiger partial charge in [0, 0.05) is 52.4 Å². The zero-order valence-corrected chi connectivity index (χ0v) is 52.3. The molecule has 0 aromatic rings. The number of nitrogens with one attached hydrogen (secondary N) is 8. The van der Waals surface area contributed by atoms with Crippen molar-refractivity contribution in [1.82, 2.24) is 42.5 Å².